The van der Waals surface area contributed by atoms with Crippen LogP contribution < -0.4 is 9.47 Å². The molecule has 0 amide bonds. The molecule has 208 valence electrons. The van der Waals surface area contributed by atoms with Crippen LogP contribution in [0.2, 0.25) is 0 Å². The van der Waals surface area contributed by atoms with Crippen molar-refractivity contribution < 1.29 is 18.9 Å². The van der Waals surface area contributed by atoms with E-state index in [-0.39, 0.29) is 28.5 Å². The number of hydrogen-bond acceptors (Lipinski definition) is 5. The normalized spacial score (nSPS) is 37.9. The van der Waals surface area contributed by atoms with Gasteiger partial charge in [-0.3, -0.25) is 4.90 Å². The minimum absolute atomic E-state index is 0.0157. The van der Waals surface area contributed by atoms with Gasteiger partial charge in [-0.05, 0) is 88.4 Å². The van der Waals surface area contributed by atoms with Gasteiger partial charge in [0.05, 0.1) is 19.3 Å². The molecule has 2 spiro atoms. The number of fused-ring (bicyclic) bond motifs is 2. The van der Waals surface area contributed by atoms with Crippen molar-refractivity contribution in [3.05, 3.63) is 59.2 Å². The van der Waals surface area contributed by atoms with Gasteiger partial charge in [0.2, 0.25) is 0 Å². The second-order valence-electron chi connectivity index (χ2n) is 14.0. The maximum absolute atomic E-state index is 7.22. The van der Waals surface area contributed by atoms with E-state index in [0.29, 0.717) is 12.6 Å². The standard InChI is InChI=1S/C34H43NO4/c1-31(2,38-21-23-8-6-5-7-9-23)26-19-32-14-15-34(26,37-4)30-33(32)16-17-35(20-22-10-11-22)27(32)18-24-12-13-25(36-3)29(39-30)28(24)33/h5-9,12-13,22,26-27,30H,10-11,14-21H2,1-4H3/t26-,27?,30-,32-,33+,34-/m1/s1. The monoisotopic (exact) mass is 529 g/mol. The van der Waals surface area contributed by atoms with Crippen LogP contribution in [0.1, 0.15) is 69.1 Å². The van der Waals surface area contributed by atoms with Crippen LogP contribution in [0.4, 0.5) is 0 Å². The molecule has 2 aromatic carbocycles. The van der Waals surface area contributed by atoms with Gasteiger partial charge < -0.3 is 18.9 Å². The molecule has 4 bridgehead atoms. The zero-order valence-corrected chi connectivity index (χ0v) is 24.0. The van der Waals surface area contributed by atoms with Crippen molar-refractivity contribution in [2.24, 2.45) is 17.3 Å². The quantitative estimate of drug-likeness (QED) is 0.425. The van der Waals surface area contributed by atoms with E-state index in [9.17, 15) is 0 Å². The number of ether oxygens (including phenoxy) is 4. The first-order chi connectivity index (χ1) is 18.9. The molecule has 2 heterocycles. The molecule has 5 nitrogen and oxygen atoms in total. The Balaban J connectivity index is 1.26. The van der Waals surface area contributed by atoms with Gasteiger partial charge in [0.15, 0.2) is 11.5 Å². The van der Waals surface area contributed by atoms with Crippen LogP contribution in [0.15, 0.2) is 42.5 Å². The highest BCUT2D eigenvalue weighted by atomic mass is 16.6. The van der Waals surface area contributed by atoms with E-state index in [1.54, 1.807) is 7.11 Å². The summed E-state index contributed by atoms with van der Waals surface area (Å²) in [4.78, 5) is 2.91. The summed E-state index contributed by atoms with van der Waals surface area (Å²) in [5, 5.41) is 0. The number of piperidine rings is 1. The number of methoxy groups -OCH3 is 2. The third kappa shape index (κ3) is 3.08. The summed E-state index contributed by atoms with van der Waals surface area (Å²) in [5.41, 5.74) is 3.55. The Bertz CT molecular complexity index is 1290. The van der Waals surface area contributed by atoms with Crippen molar-refractivity contribution >= 4 is 0 Å². The molecule has 5 heteroatoms. The van der Waals surface area contributed by atoms with Gasteiger partial charge in [0.25, 0.3) is 0 Å². The van der Waals surface area contributed by atoms with Crippen molar-refractivity contribution in [3.8, 4) is 11.5 Å². The van der Waals surface area contributed by atoms with Crippen LogP contribution in [0.5, 0.6) is 11.5 Å². The minimum Gasteiger partial charge on any atom is -0.493 e. The van der Waals surface area contributed by atoms with Crippen molar-refractivity contribution in [1.29, 1.82) is 0 Å². The topological polar surface area (TPSA) is 40.2 Å². The molecule has 4 saturated carbocycles. The maximum atomic E-state index is 7.22. The van der Waals surface area contributed by atoms with E-state index in [2.05, 4.69) is 61.2 Å². The number of hydrogen-bond donors (Lipinski definition) is 0. The molecule has 5 aliphatic carbocycles. The number of nitrogens with zero attached hydrogens (tertiary/aromatic N) is 1. The third-order valence-electron chi connectivity index (χ3n) is 12.2. The first kappa shape index (κ1) is 24.7. The minimum atomic E-state index is -0.399. The Morgan fingerprint density at radius 2 is 1.85 bits per heavy atom. The lowest BCUT2D eigenvalue weighted by molar-refractivity contribution is -0.305. The van der Waals surface area contributed by atoms with E-state index in [4.69, 9.17) is 18.9 Å². The zero-order chi connectivity index (χ0) is 26.6. The lowest BCUT2D eigenvalue weighted by Gasteiger charge is -2.75. The summed E-state index contributed by atoms with van der Waals surface area (Å²) in [6.45, 7) is 7.65. The first-order valence-electron chi connectivity index (χ1n) is 15.2. The predicted molar refractivity (Wildman–Crippen MR) is 150 cm³/mol. The van der Waals surface area contributed by atoms with E-state index in [1.807, 2.05) is 7.11 Å². The Hall–Kier alpha value is -2.08. The second-order valence-corrected chi connectivity index (χ2v) is 14.0. The summed E-state index contributed by atoms with van der Waals surface area (Å²) in [6, 6.07) is 15.6. The van der Waals surface area contributed by atoms with Gasteiger partial charge in [-0.2, -0.15) is 0 Å². The van der Waals surface area contributed by atoms with Crippen molar-refractivity contribution in [2.45, 2.75) is 94.2 Å². The van der Waals surface area contributed by atoms with Gasteiger partial charge in [0.1, 0.15) is 11.7 Å². The number of likely N-dealkylation sites (tertiary alicyclic amines) is 1. The highest BCUT2D eigenvalue weighted by Crippen LogP contribution is 2.77. The van der Waals surface area contributed by atoms with Crippen LogP contribution >= 0.6 is 0 Å². The molecule has 0 radical (unpaired) electrons. The van der Waals surface area contributed by atoms with Crippen LogP contribution in [-0.4, -0.2) is 55.6 Å². The summed E-state index contributed by atoms with van der Waals surface area (Å²) >= 11 is 0. The van der Waals surface area contributed by atoms with Gasteiger partial charge in [-0.25, -0.2) is 0 Å². The molecule has 0 aromatic heterocycles. The molecular weight excluding hydrogens is 486 g/mol. The van der Waals surface area contributed by atoms with Crippen molar-refractivity contribution in [1.82, 2.24) is 4.90 Å². The fourth-order valence-electron chi connectivity index (χ4n) is 10.3. The molecule has 39 heavy (non-hydrogen) atoms. The fraction of sp³-hybridized carbons (Fsp3) is 0.647. The predicted octanol–water partition coefficient (Wildman–Crippen LogP) is 5.92. The van der Waals surface area contributed by atoms with E-state index < -0.39 is 5.60 Å². The Morgan fingerprint density at radius 1 is 1.03 bits per heavy atom. The second kappa shape index (κ2) is 8.24. The SMILES string of the molecule is COc1ccc2c3c1O[C@H]1[C@@]4(OC)CC[C@@]5(C[C@@H]4C(C)(C)OCc4ccccc4)C(C2)N(CC2CC2)CC[C@]315. The molecule has 2 aromatic rings. The van der Waals surface area contributed by atoms with E-state index in [1.165, 1.54) is 42.5 Å². The molecular formula is C34H43NO4. The summed E-state index contributed by atoms with van der Waals surface area (Å²) in [6.07, 6.45) is 8.42. The van der Waals surface area contributed by atoms with Gasteiger partial charge in [-0.15, -0.1) is 0 Å². The third-order valence-corrected chi connectivity index (χ3v) is 12.2. The van der Waals surface area contributed by atoms with Gasteiger partial charge in [-0.1, -0.05) is 36.4 Å². The molecule has 9 rings (SSSR count). The fourth-order valence-corrected chi connectivity index (χ4v) is 10.3. The summed E-state index contributed by atoms with van der Waals surface area (Å²) in [5.74, 6) is 3.01. The van der Waals surface area contributed by atoms with Crippen molar-refractivity contribution in [3.63, 3.8) is 0 Å². The van der Waals surface area contributed by atoms with Gasteiger partial charge >= 0.3 is 0 Å². The largest absolute Gasteiger partial charge is 0.493 e. The van der Waals surface area contributed by atoms with E-state index in [0.717, 1.165) is 49.6 Å². The van der Waals surface area contributed by atoms with Crippen LogP contribution in [0.25, 0.3) is 0 Å². The molecule has 1 unspecified atom stereocenters. The maximum Gasteiger partial charge on any atom is 0.165 e. The summed E-state index contributed by atoms with van der Waals surface area (Å²) < 4.78 is 26.8. The Morgan fingerprint density at radius 3 is 2.59 bits per heavy atom. The highest BCUT2D eigenvalue weighted by Gasteiger charge is 2.81. The molecule has 1 saturated heterocycles. The molecule has 2 aliphatic heterocycles. The molecule has 0 N–H and O–H groups in total. The van der Waals surface area contributed by atoms with Crippen LogP contribution in [-0.2, 0) is 27.9 Å². The molecule has 6 atom stereocenters. The average molecular weight is 530 g/mol. The van der Waals surface area contributed by atoms with Crippen molar-refractivity contribution in [2.75, 3.05) is 27.3 Å². The number of rotatable bonds is 8. The zero-order valence-electron chi connectivity index (χ0n) is 24.0. The average Bonchev–Trinajstić information content (AvgIpc) is 3.70. The summed E-state index contributed by atoms with van der Waals surface area (Å²) in [7, 11) is 3.72. The van der Waals surface area contributed by atoms with E-state index >= 15 is 0 Å². The Labute approximate surface area is 233 Å². The molecule has 7 aliphatic rings. The first-order valence-corrected chi connectivity index (χ1v) is 15.2. The highest BCUT2D eigenvalue weighted by molar-refractivity contribution is 5.63. The lowest BCUT2D eigenvalue weighted by atomic mass is 9.34. The smallest absolute Gasteiger partial charge is 0.165 e. The number of benzene rings is 2. The molecule has 5 fully saturated rings. The van der Waals surface area contributed by atoms with Gasteiger partial charge in [0, 0.05) is 42.0 Å². The van der Waals surface area contributed by atoms with Crippen LogP contribution in [0, 0.1) is 17.3 Å². The van der Waals surface area contributed by atoms with Crippen LogP contribution in [0.3, 0.4) is 0 Å². The Kier molecular flexibility index (Phi) is 5.22. The lowest BCUT2D eigenvalue weighted by Crippen LogP contribution is -2.82.